The molecule has 0 aromatic heterocycles. The molecule has 0 spiro atoms. The number of anilines is 1. The first-order chi connectivity index (χ1) is 15.2. The van der Waals surface area contributed by atoms with Crippen molar-refractivity contribution in [2.24, 2.45) is 5.92 Å². The number of halogens is 2. The number of para-hydroxylation sites is 1. The third kappa shape index (κ3) is 5.49. The summed E-state index contributed by atoms with van der Waals surface area (Å²) in [7, 11) is -4.21. The number of amides is 2. The maximum Gasteiger partial charge on any atom is 0.246 e. The second-order valence-electron chi connectivity index (χ2n) is 7.53. The normalized spacial score (nSPS) is 15.3. The van der Waals surface area contributed by atoms with Crippen LogP contribution < -0.4 is 10.6 Å². The quantitative estimate of drug-likeness (QED) is 0.657. The lowest BCUT2D eigenvalue weighted by atomic mass is 9.97. The molecule has 1 heterocycles. The number of piperidine rings is 1. The van der Waals surface area contributed by atoms with Gasteiger partial charge in [-0.2, -0.15) is 4.31 Å². The summed E-state index contributed by atoms with van der Waals surface area (Å²) in [5.41, 5.74) is 1.67. The number of nitrogens with one attached hydrogen (secondary N) is 2. The van der Waals surface area contributed by atoms with Gasteiger partial charge in [0.1, 0.15) is 16.5 Å². The standard InChI is InChI=1S/C22H25F2N3O4S/c1-2-15-5-3-4-6-19(15)26-21(28)14-25-22(29)16-9-11-27(12-10-16)32(30,31)20-13-17(23)7-8-18(20)24/h3-8,13,16H,2,9-12,14H2,1H3,(H,25,29)(H,26,28). The molecule has 0 aliphatic carbocycles. The Morgan fingerprint density at radius 1 is 1.09 bits per heavy atom. The molecule has 10 heteroatoms. The zero-order valence-electron chi connectivity index (χ0n) is 17.6. The van der Waals surface area contributed by atoms with Gasteiger partial charge >= 0.3 is 0 Å². The number of carbonyl (C=O) groups is 2. The molecular formula is C22H25F2N3O4S. The number of rotatable bonds is 7. The fraction of sp³-hybridized carbons (Fsp3) is 0.364. The SMILES string of the molecule is CCc1ccccc1NC(=O)CNC(=O)C1CCN(S(=O)(=O)c2cc(F)ccc2F)CC1. The Kier molecular flexibility index (Phi) is 7.57. The molecule has 2 amide bonds. The highest BCUT2D eigenvalue weighted by atomic mass is 32.2. The number of hydrogen-bond acceptors (Lipinski definition) is 4. The summed E-state index contributed by atoms with van der Waals surface area (Å²) >= 11 is 0. The van der Waals surface area contributed by atoms with Crippen molar-refractivity contribution in [2.45, 2.75) is 31.1 Å². The van der Waals surface area contributed by atoms with Crippen LogP contribution in [0.25, 0.3) is 0 Å². The van der Waals surface area contributed by atoms with Gasteiger partial charge in [-0.15, -0.1) is 0 Å². The van der Waals surface area contributed by atoms with E-state index >= 15 is 0 Å². The highest BCUT2D eigenvalue weighted by Crippen LogP contribution is 2.26. The number of benzene rings is 2. The zero-order chi connectivity index (χ0) is 23.3. The van der Waals surface area contributed by atoms with Crippen LogP contribution >= 0.6 is 0 Å². The zero-order valence-corrected chi connectivity index (χ0v) is 18.4. The van der Waals surface area contributed by atoms with E-state index in [1.54, 1.807) is 6.07 Å². The minimum Gasteiger partial charge on any atom is -0.347 e. The van der Waals surface area contributed by atoms with Gasteiger partial charge in [-0.05, 0) is 49.1 Å². The largest absolute Gasteiger partial charge is 0.347 e. The lowest BCUT2D eigenvalue weighted by Gasteiger charge is -2.30. The molecule has 7 nitrogen and oxygen atoms in total. The van der Waals surface area contributed by atoms with Gasteiger partial charge in [0.2, 0.25) is 21.8 Å². The van der Waals surface area contributed by atoms with Crippen molar-refractivity contribution >= 4 is 27.5 Å². The summed E-state index contributed by atoms with van der Waals surface area (Å²) < 4.78 is 53.7. The molecule has 0 saturated carbocycles. The molecule has 2 N–H and O–H groups in total. The number of aryl methyl sites for hydroxylation is 1. The van der Waals surface area contributed by atoms with Gasteiger partial charge in [-0.3, -0.25) is 9.59 Å². The van der Waals surface area contributed by atoms with Gasteiger partial charge in [0.15, 0.2) is 0 Å². The van der Waals surface area contributed by atoms with Crippen LogP contribution in [-0.2, 0) is 26.0 Å². The molecule has 1 aliphatic rings. The maximum absolute atomic E-state index is 13.9. The van der Waals surface area contributed by atoms with Crippen molar-refractivity contribution in [1.82, 2.24) is 9.62 Å². The first-order valence-electron chi connectivity index (χ1n) is 10.3. The first kappa shape index (κ1) is 23.8. The van der Waals surface area contributed by atoms with Crippen LogP contribution in [-0.4, -0.2) is 44.2 Å². The molecule has 3 rings (SSSR count). The van der Waals surface area contributed by atoms with Gasteiger partial charge < -0.3 is 10.6 Å². The predicted molar refractivity (Wildman–Crippen MR) is 115 cm³/mol. The molecule has 0 bridgehead atoms. The van der Waals surface area contributed by atoms with E-state index in [1.807, 2.05) is 25.1 Å². The second kappa shape index (κ2) is 10.2. The third-order valence-corrected chi connectivity index (χ3v) is 7.34. The van der Waals surface area contributed by atoms with Crippen molar-refractivity contribution in [3.8, 4) is 0 Å². The van der Waals surface area contributed by atoms with Crippen LogP contribution in [0.15, 0.2) is 47.4 Å². The highest BCUT2D eigenvalue weighted by molar-refractivity contribution is 7.89. The summed E-state index contributed by atoms with van der Waals surface area (Å²) in [5.74, 6) is -3.06. The topological polar surface area (TPSA) is 95.6 Å². The lowest BCUT2D eigenvalue weighted by molar-refractivity contribution is -0.128. The Morgan fingerprint density at radius 2 is 1.78 bits per heavy atom. The van der Waals surface area contributed by atoms with Crippen LogP contribution in [0.4, 0.5) is 14.5 Å². The van der Waals surface area contributed by atoms with E-state index in [-0.39, 0.29) is 44.3 Å². The van der Waals surface area contributed by atoms with E-state index in [1.165, 1.54) is 0 Å². The Morgan fingerprint density at radius 3 is 2.47 bits per heavy atom. The van der Waals surface area contributed by atoms with Crippen LogP contribution in [0.3, 0.4) is 0 Å². The van der Waals surface area contributed by atoms with Crippen LogP contribution in [0, 0.1) is 17.6 Å². The van der Waals surface area contributed by atoms with Crippen LogP contribution in [0.2, 0.25) is 0 Å². The Hall–Kier alpha value is -2.85. The Bertz CT molecular complexity index is 1100. The lowest BCUT2D eigenvalue weighted by Crippen LogP contribution is -2.44. The summed E-state index contributed by atoms with van der Waals surface area (Å²) in [6.07, 6.45) is 1.17. The van der Waals surface area contributed by atoms with Gasteiger partial charge in [-0.1, -0.05) is 25.1 Å². The number of carbonyl (C=O) groups excluding carboxylic acids is 2. The second-order valence-corrected chi connectivity index (χ2v) is 9.44. The van der Waals surface area contributed by atoms with Gasteiger partial charge in [-0.25, -0.2) is 17.2 Å². The number of hydrogen-bond donors (Lipinski definition) is 2. The fourth-order valence-corrected chi connectivity index (χ4v) is 5.17. The van der Waals surface area contributed by atoms with Crippen molar-refractivity contribution in [1.29, 1.82) is 0 Å². The number of nitrogens with zero attached hydrogens (tertiary/aromatic N) is 1. The predicted octanol–water partition coefficient (Wildman–Crippen LogP) is 2.68. The molecular weight excluding hydrogens is 440 g/mol. The smallest absolute Gasteiger partial charge is 0.246 e. The van der Waals surface area contributed by atoms with Gasteiger partial charge in [0, 0.05) is 24.7 Å². The van der Waals surface area contributed by atoms with Crippen molar-refractivity contribution in [3.63, 3.8) is 0 Å². The summed E-state index contributed by atoms with van der Waals surface area (Å²) in [4.78, 5) is 23.9. The minimum atomic E-state index is -4.21. The maximum atomic E-state index is 13.9. The van der Waals surface area contributed by atoms with E-state index in [9.17, 15) is 26.8 Å². The monoisotopic (exact) mass is 465 g/mol. The van der Waals surface area contributed by atoms with E-state index in [2.05, 4.69) is 10.6 Å². The highest BCUT2D eigenvalue weighted by Gasteiger charge is 2.33. The van der Waals surface area contributed by atoms with Crippen molar-refractivity contribution in [3.05, 3.63) is 59.7 Å². The average Bonchev–Trinajstić information content (AvgIpc) is 2.79. The van der Waals surface area contributed by atoms with Crippen LogP contribution in [0.5, 0.6) is 0 Å². The van der Waals surface area contributed by atoms with E-state index in [0.717, 1.165) is 28.4 Å². The van der Waals surface area contributed by atoms with Crippen LogP contribution in [0.1, 0.15) is 25.3 Å². The minimum absolute atomic E-state index is 0.00749. The fourth-order valence-electron chi connectivity index (χ4n) is 3.63. The molecule has 2 aromatic rings. The van der Waals surface area contributed by atoms with E-state index in [4.69, 9.17) is 0 Å². The molecule has 2 aromatic carbocycles. The summed E-state index contributed by atoms with van der Waals surface area (Å²) in [6, 6.07) is 9.66. The summed E-state index contributed by atoms with van der Waals surface area (Å²) in [6.45, 7) is 1.75. The Balaban J connectivity index is 1.52. The van der Waals surface area contributed by atoms with E-state index < -0.39 is 32.5 Å². The molecule has 32 heavy (non-hydrogen) atoms. The Labute approximate surface area is 185 Å². The molecule has 1 aliphatic heterocycles. The first-order valence-corrected chi connectivity index (χ1v) is 11.8. The third-order valence-electron chi connectivity index (χ3n) is 5.43. The van der Waals surface area contributed by atoms with Gasteiger partial charge in [0.05, 0.1) is 6.54 Å². The van der Waals surface area contributed by atoms with Gasteiger partial charge in [0.25, 0.3) is 0 Å². The average molecular weight is 466 g/mol. The molecule has 1 saturated heterocycles. The molecule has 0 radical (unpaired) electrons. The van der Waals surface area contributed by atoms with Crippen molar-refractivity contribution < 1.29 is 26.8 Å². The summed E-state index contributed by atoms with van der Waals surface area (Å²) in [5, 5.41) is 5.35. The number of sulfonamides is 1. The molecule has 172 valence electrons. The van der Waals surface area contributed by atoms with Crippen molar-refractivity contribution in [2.75, 3.05) is 25.0 Å². The molecule has 0 atom stereocenters. The van der Waals surface area contributed by atoms with E-state index in [0.29, 0.717) is 11.8 Å². The molecule has 1 fully saturated rings. The molecule has 0 unspecified atom stereocenters.